The highest BCUT2D eigenvalue weighted by atomic mass is 16.5. The van der Waals surface area contributed by atoms with Crippen molar-refractivity contribution in [2.24, 2.45) is 5.92 Å². The van der Waals surface area contributed by atoms with E-state index in [9.17, 15) is 0 Å². The molecule has 1 N–H and O–H groups in total. The number of methoxy groups -OCH3 is 1. The van der Waals surface area contributed by atoms with E-state index in [1.54, 1.807) is 7.11 Å². The molecule has 0 fully saturated rings. The molecule has 0 aliphatic heterocycles. The highest BCUT2D eigenvalue weighted by Gasteiger charge is 2.07. The molecule has 0 aliphatic carbocycles. The molecule has 0 amide bonds. The molecule has 1 atom stereocenters. The van der Waals surface area contributed by atoms with Gasteiger partial charge in [-0.3, -0.25) is 0 Å². The van der Waals surface area contributed by atoms with Crippen LogP contribution in [0.15, 0.2) is 24.3 Å². The Morgan fingerprint density at radius 2 is 2.10 bits per heavy atom. The summed E-state index contributed by atoms with van der Waals surface area (Å²) in [6.07, 6.45) is 5.02. The van der Waals surface area contributed by atoms with Crippen LogP contribution in [0.25, 0.3) is 0 Å². The van der Waals surface area contributed by atoms with Gasteiger partial charge in [-0.1, -0.05) is 45.2 Å². The summed E-state index contributed by atoms with van der Waals surface area (Å²) >= 11 is 0. The van der Waals surface area contributed by atoms with E-state index in [0.29, 0.717) is 5.92 Å². The Balaban J connectivity index is 2.37. The van der Waals surface area contributed by atoms with Crippen molar-refractivity contribution in [2.45, 2.75) is 46.1 Å². The Hall–Kier alpha value is -1.06. The third-order valence-corrected chi connectivity index (χ3v) is 3.74. The minimum absolute atomic E-state index is 0.674. The summed E-state index contributed by atoms with van der Waals surface area (Å²) in [7, 11) is 1.72. The Morgan fingerprint density at radius 3 is 2.81 bits per heavy atom. The fraction of sp³-hybridized carbons (Fsp3) is 0.667. The Morgan fingerprint density at radius 1 is 1.24 bits per heavy atom. The van der Waals surface area contributed by atoms with Crippen LogP contribution in [0.2, 0.25) is 0 Å². The van der Waals surface area contributed by atoms with Gasteiger partial charge in [0.25, 0.3) is 0 Å². The van der Waals surface area contributed by atoms with Gasteiger partial charge in [0.1, 0.15) is 5.75 Å². The predicted molar refractivity (Wildman–Crippen MR) is 88.8 cm³/mol. The number of unbranched alkanes of at least 4 members (excludes halogenated alkanes) is 1. The van der Waals surface area contributed by atoms with Crippen molar-refractivity contribution >= 4 is 0 Å². The highest BCUT2D eigenvalue weighted by Crippen LogP contribution is 2.18. The molecule has 0 radical (unpaired) electrons. The summed E-state index contributed by atoms with van der Waals surface area (Å²) in [5, 5.41) is 3.35. The predicted octanol–water partition coefficient (Wildman–Crippen LogP) is 4.02. The van der Waals surface area contributed by atoms with Crippen LogP contribution in [0.3, 0.4) is 0 Å². The lowest BCUT2D eigenvalue weighted by molar-refractivity contribution is 0.199. The summed E-state index contributed by atoms with van der Waals surface area (Å²) in [4.78, 5) is 0. The monoisotopic (exact) mass is 293 g/mol. The molecule has 3 nitrogen and oxygen atoms in total. The summed E-state index contributed by atoms with van der Waals surface area (Å²) in [5.74, 6) is 1.66. The van der Waals surface area contributed by atoms with Crippen LogP contribution < -0.4 is 10.1 Å². The SMILES string of the molecule is CCCCC(CC)COc1cccc(CNCCOC)c1. The quantitative estimate of drug-likeness (QED) is 0.590. The molecule has 1 unspecified atom stereocenters. The van der Waals surface area contributed by atoms with Gasteiger partial charge in [-0.25, -0.2) is 0 Å². The first-order valence-corrected chi connectivity index (χ1v) is 8.21. The first kappa shape index (κ1) is 18.0. The first-order valence-electron chi connectivity index (χ1n) is 8.21. The second-order valence-electron chi connectivity index (χ2n) is 5.54. The number of nitrogens with one attached hydrogen (secondary N) is 1. The molecular weight excluding hydrogens is 262 g/mol. The van der Waals surface area contributed by atoms with Crippen LogP contribution in [0, 0.1) is 5.92 Å². The Bertz CT molecular complexity index is 368. The van der Waals surface area contributed by atoms with Crippen LogP contribution in [0.5, 0.6) is 5.75 Å². The van der Waals surface area contributed by atoms with Crippen molar-refractivity contribution in [3.05, 3.63) is 29.8 Å². The van der Waals surface area contributed by atoms with Gasteiger partial charge in [-0.15, -0.1) is 0 Å². The van der Waals surface area contributed by atoms with E-state index < -0.39 is 0 Å². The second-order valence-corrected chi connectivity index (χ2v) is 5.54. The average Bonchev–Trinajstić information content (AvgIpc) is 2.52. The zero-order valence-electron chi connectivity index (χ0n) is 13.9. The molecule has 3 heteroatoms. The van der Waals surface area contributed by atoms with Crippen LogP contribution >= 0.6 is 0 Å². The van der Waals surface area contributed by atoms with E-state index in [1.165, 1.54) is 31.2 Å². The van der Waals surface area contributed by atoms with Gasteiger partial charge in [-0.2, -0.15) is 0 Å². The maximum Gasteiger partial charge on any atom is 0.119 e. The van der Waals surface area contributed by atoms with Gasteiger partial charge in [0, 0.05) is 20.2 Å². The van der Waals surface area contributed by atoms with E-state index in [-0.39, 0.29) is 0 Å². The van der Waals surface area contributed by atoms with Gasteiger partial charge >= 0.3 is 0 Å². The van der Waals surface area contributed by atoms with E-state index >= 15 is 0 Å². The minimum atomic E-state index is 0.674. The van der Waals surface area contributed by atoms with E-state index in [1.807, 2.05) is 6.07 Å². The number of rotatable bonds is 12. The standard InChI is InChI=1S/C18H31NO2/c1-4-6-8-16(5-2)15-21-18-10-7-9-17(13-18)14-19-11-12-20-3/h7,9-10,13,16,19H,4-6,8,11-12,14-15H2,1-3H3. The van der Waals surface area contributed by atoms with Crippen molar-refractivity contribution < 1.29 is 9.47 Å². The molecule has 0 aromatic heterocycles. The fourth-order valence-corrected chi connectivity index (χ4v) is 2.26. The number of benzene rings is 1. The molecular formula is C18H31NO2. The van der Waals surface area contributed by atoms with Gasteiger partial charge < -0.3 is 14.8 Å². The molecule has 1 aromatic rings. The average molecular weight is 293 g/mol. The van der Waals surface area contributed by atoms with Crippen LogP contribution in [-0.4, -0.2) is 26.9 Å². The molecule has 0 bridgehead atoms. The van der Waals surface area contributed by atoms with Crippen molar-refractivity contribution in [2.75, 3.05) is 26.9 Å². The van der Waals surface area contributed by atoms with Crippen molar-refractivity contribution in [3.63, 3.8) is 0 Å². The molecule has 1 aromatic carbocycles. The van der Waals surface area contributed by atoms with Crippen LogP contribution in [-0.2, 0) is 11.3 Å². The van der Waals surface area contributed by atoms with Crippen LogP contribution in [0.1, 0.15) is 45.1 Å². The van der Waals surface area contributed by atoms with Gasteiger partial charge in [0.2, 0.25) is 0 Å². The third-order valence-electron chi connectivity index (χ3n) is 3.74. The van der Waals surface area contributed by atoms with Gasteiger partial charge in [-0.05, 0) is 30.0 Å². The number of ether oxygens (including phenoxy) is 2. The fourth-order valence-electron chi connectivity index (χ4n) is 2.26. The van der Waals surface area contributed by atoms with Gasteiger partial charge in [0.15, 0.2) is 0 Å². The smallest absolute Gasteiger partial charge is 0.119 e. The minimum Gasteiger partial charge on any atom is -0.493 e. The van der Waals surface area contributed by atoms with Crippen LogP contribution in [0.4, 0.5) is 0 Å². The lowest BCUT2D eigenvalue weighted by atomic mass is 10.0. The zero-order chi connectivity index (χ0) is 15.3. The molecule has 0 saturated carbocycles. The molecule has 0 spiro atoms. The van der Waals surface area contributed by atoms with Gasteiger partial charge in [0.05, 0.1) is 13.2 Å². The van der Waals surface area contributed by atoms with Crippen molar-refractivity contribution in [1.29, 1.82) is 0 Å². The molecule has 1 rings (SSSR count). The first-order chi connectivity index (χ1) is 10.3. The lowest BCUT2D eigenvalue weighted by Gasteiger charge is -2.16. The van der Waals surface area contributed by atoms with E-state index in [4.69, 9.17) is 9.47 Å². The second kappa shape index (κ2) is 11.6. The largest absolute Gasteiger partial charge is 0.493 e. The Kier molecular flexibility index (Phi) is 9.92. The summed E-state index contributed by atoms with van der Waals surface area (Å²) in [6.45, 7) is 7.79. The van der Waals surface area contributed by atoms with E-state index in [0.717, 1.165) is 32.1 Å². The highest BCUT2D eigenvalue weighted by molar-refractivity contribution is 5.28. The maximum atomic E-state index is 5.97. The lowest BCUT2D eigenvalue weighted by Crippen LogP contribution is -2.18. The normalized spacial score (nSPS) is 12.3. The number of hydrogen-bond acceptors (Lipinski definition) is 3. The Labute approximate surface area is 130 Å². The molecule has 0 saturated heterocycles. The summed E-state index contributed by atoms with van der Waals surface area (Å²) in [6, 6.07) is 8.37. The zero-order valence-corrected chi connectivity index (χ0v) is 13.9. The topological polar surface area (TPSA) is 30.5 Å². The third kappa shape index (κ3) is 8.08. The molecule has 0 heterocycles. The van der Waals surface area contributed by atoms with Crippen molar-refractivity contribution in [1.82, 2.24) is 5.32 Å². The van der Waals surface area contributed by atoms with Crippen molar-refractivity contribution in [3.8, 4) is 5.75 Å². The maximum absolute atomic E-state index is 5.97. The van der Waals surface area contributed by atoms with E-state index in [2.05, 4.69) is 37.4 Å². The summed E-state index contributed by atoms with van der Waals surface area (Å²) in [5.41, 5.74) is 1.25. The molecule has 0 aliphatic rings. The molecule has 120 valence electrons. The summed E-state index contributed by atoms with van der Waals surface area (Å²) < 4.78 is 11.0. The molecule has 21 heavy (non-hydrogen) atoms. The number of hydrogen-bond donors (Lipinski definition) is 1.